The van der Waals surface area contributed by atoms with E-state index in [9.17, 15) is 0 Å². The van der Waals surface area contributed by atoms with Crippen LogP contribution in [-0.4, -0.2) is 34.4 Å². The molecule has 1 aliphatic rings. The first-order chi connectivity index (χ1) is 19.5. The molecule has 1 aliphatic carbocycles. The SMILES string of the molecule is CNc1ccc(CCCCC2(c3ccc(OCCOC)cc3)c3cc(C)ccc3-c3ccc(C)cc32)cc1NC. The standard InChI is InChI=1S/C36H42N2O2/c1-25-9-16-30-31-17-10-26(2)23-33(31)36(32(30)22-25,28-12-14-29(15-13-28)40-21-20-39-5)19-7-6-8-27-11-18-34(37-3)35(24-27)38-4/h9-18,22-24,37-38H,6-8,19-21H2,1-5H3. The van der Waals surface area contributed by atoms with Gasteiger partial charge >= 0.3 is 0 Å². The predicted molar refractivity (Wildman–Crippen MR) is 168 cm³/mol. The third kappa shape index (κ3) is 5.33. The summed E-state index contributed by atoms with van der Waals surface area (Å²) in [5.41, 5.74) is 13.0. The summed E-state index contributed by atoms with van der Waals surface area (Å²) in [6.45, 7) is 5.55. The maximum absolute atomic E-state index is 5.92. The smallest absolute Gasteiger partial charge is 0.119 e. The maximum Gasteiger partial charge on any atom is 0.119 e. The van der Waals surface area contributed by atoms with E-state index >= 15 is 0 Å². The van der Waals surface area contributed by atoms with Crippen LogP contribution in [0.4, 0.5) is 11.4 Å². The van der Waals surface area contributed by atoms with Crippen molar-refractivity contribution in [3.8, 4) is 16.9 Å². The highest BCUT2D eigenvalue weighted by atomic mass is 16.5. The zero-order chi connectivity index (χ0) is 28.1. The lowest BCUT2D eigenvalue weighted by molar-refractivity contribution is 0.146. The summed E-state index contributed by atoms with van der Waals surface area (Å²) < 4.78 is 11.1. The highest BCUT2D eigenvalue weighted by molar-refractivity contribution is 5.84. The van der Waals surface area contributed by atoms with Gasteiger partial charge in [-0.25, -0.2) is 0 Å². The maximum atomic E-state index is 5.92. The van der Waals surface area contributed by atoms with E-state index in [1.807, 2.05) is 14.1 Å². The lowest BCUT2D eigenvalue weighted by Crippen LogP contribution is -2.27. The van der Waals surface area contributed by atoms with Crippen LogP contribution in [0.5, 0.6) is 5.75 Å². The van der Waals surface area contributed by atoms with Crippen LogP contribution in [0.25, 0.3) is 11.1 Å². The Labute approximate surface area is 239 Å². The molecule has 0 saturated heterocycles. The predicted octanol–water partition coefficient (Wildman–Crippen LogP) is 8.14. The first-order valence-corrected chi connectivity index (χ1v) is 14.4. The van der Waals surface area contributed by atoms with E-state index < -0.39 is 0 Å². The lowest BCUT2D eigenvalue weighted by atomic mass is 9.68. The van der Waals surface area contributed by atoms with Gasteiger partial charge in [-0.15, -0.1) is 0 Å². The molecular weight excluding hydrogens is 492 g/mol. The number of rotatable bonds is 12. The normalized spacial score (nSPS) is 13.0. The van der Waals surface area contributed by atoms with Crippen molar-refractivity contribution in [3.05, 3.63) is 112 Å². The number of anilines is 2. The Morgan fingerprint density at radius 3 is 1.93 bits per heavy atom. The monoisotopic (exact) mass is 534 g/mol. The molecule has 0 aliphatic heterocycles. The molecule has 0 atom stereocenters. The number of methoxy groups -OCH3 is 1. The Kier molecular flexibility index (Phi) is 8.46. The molecular formula is C36H42N2O2. The Morgan fingerprint density at radius 1 is 0.675 bits per heavy atom. The van der Waals surface area contributed by atoms with Gasteiger partial charge in [0.05, 0.1) is 18.0 Å². The molecule has 208 valence electrons. The second kappa shape index (κ2) is 12.2. The van der Waals surface area contributed by atoms with Gasteiger partial charge in [0.1, 0.15) is 12.4 Å². The average Bonchev–Trinajstić information content (AvgIpc) is 3.24. The molecule has 4 aromatic carbocycles. The van der Waals surface area contributed by atoms with Crippen LogP contribution in [0.3, 0.4) is 0 Å². The van der Waals surface area contributed by atoms with Crippen LogP contribution in [0.1, 0.15) is 52.6 Å². The summed E-state index contributed by atoms with van der Waals surface area (Å²) in [4.78, 5) is 0. The van der Waals surface area contributed by atoms with E-state index in [0.717, 1.165) is 42.8 Å². The van der Waals surface area contributed by atoms with Crippen molar-refractivity contribution in [2.75, 3.05) is 45.1 Å². The zero-order valence-corrected chi connectivity index (χ0v) is 24.6. The number of ether oxygens (including phenoxy) is 2. The summed E-state index contributed by atoms with van der Waals surface area (Å²) in [5, 5.41) is 6.59. The second-order valence-electron chi connectivity index (χ2n) is 11.0. The van der Waals surface area contributed by atoms with Crippen molar-refractivity contribution >= 4 is 11.4 Å². The highest BCUT2D eigenvalue weighted by Gasteiger charge is 2.44. The number of unbranched alkanes of at least 4 members (excludes halogenated alkanes) is 1. The van der Waals surface area contributed by atoms with Gasteiger partial charge in [-0.2, -0.15) is 0 Å². The zero-order valence-electron chi connectivity index (χ0n) is 24.6. The van der Waals surface area contributed by atoms with Gasteiger partial charge in [0.15, 0.2) is 0 Å². The van der Waals surface area contributed by atoms with Crippen LogP contribution in [0, 0.1) is 13.8 Å². The Bertz CT molecular complexity index is 1410. The van der Waals surface area contributed by atoms with Crippen LogP contribution in [0.15, 0.2) is 78.9 Å². The Morgan fingerprint density at radius 2 is 1.32 bits per heavy atom. The topological polar surface area (TPSA) is 42.5 Å². The van der Waals surface area contributed by atoms with Crippen LogP contribution < -0.4 is 15.4 Å². The van der Waals surface area contributed by atoms with E-state index in [1.54, 1.807) is 7.11 Å². The van der Waals surface area contributed by atoms with Crippen molar-refractivity contribution in [1.82, 2.24) is 0 Å². The van der Waals surface area contributed by atoms with E-state index in [4.69, 9.17) is 9.47 Å². The van der Waals surface area contributed by atoms with E-state index in [-0.39, 0.29) is 5.41 Å². The molecule has 0 spiro atoms. The van der Waals surface area contributed by atoms with Gasteiger partial charge in [0, 0.05) is 26.6 Å². The van der Waals surface area contributed by atoms with Crippen molar-refractivity contribution in [2.45, 2.75) is 44.9 Å². The molecule has 4 nitrogen and oxygen atoms in total. The molecule has 2 N–H and O–H groups in total. The summed E-state index contributed by atoms with van der Waals surface area (Å²) in [6.07, 6.45) is 4.36. The third-order valence-corrected chi connectivity index (χ3v) is 8.35. The minimum atomic E-state index is -0.195. The first kappa shape index (κ1) is 27.8. The second-order valence-corrected chi connectivity index (χ2v) is 11.0. The Hall–Kier alpha value is -3.76. The molecule has 4 heteroatoms. The molecule has 0 amide bonds. The van der Waals surface area contributed by atoms with Crippen LogP contribution in [0.2, 0.25) is 0 Å². The highest BCUT2D eigenvalue weighted by Crippen LogP contribution is 2.55. The van der Waals surface area contributed by atoms with Crippen molar-refractivity contribution < 1.29 is 9.47 Å². The van der Waals surface area contributed by atoms with Gasteiger partial charge < -0.3 is 20.1 Å². The fourth-order valence-corrected chi connectivity index (χ4v) is 6.33. The average molecular weight is 535 g/mol. The van der Waals surface area contributed by atoms with Gasteiger partial charge in [0.2, 0.25) is 0 Å². The molecule has 0 bridgehead atoms. The molecule has 0 radical (unpaired) electrons. The van der Waals surface area contributed by atoms with Gasteiger partial charge in [-0.3, -0.25) is 0 Å². The minimum absolute atomic E-state index is 0.195. The summed E-state index contributed by atoms with van der Waals surface area (Å²) in [6, 6.07) is 29.5. The van der Waals surface area contributed by atoms with E-state index in [0.29, 0.717) is 13.2 Å². The summed E-state index contributed by atoms with van der Waals surface area (Å²) in [7, 11) is 5.65. The summed E-state index contributed by atoms with van der Waals surface area (Å²) in [5.74, 6) is 0.883. The quantitative estimate of drug-likeness (QED) is 0.180. The number of nitrogens with one attached hydrogen (secondary N) is 2. The lowest BCUT2D eigenvalue weighted by Gasteiger charge is -2.34. The number of fused-ring (bicyclic) bond motifs is 3. The number of hydrogen-bond acceptors (Lipinski definition) is 4. The number of aryl methyl sites for hydroxylation is 3. The Balaban J connectivity index is 1.49. The molecule has 5 rings (SSSR count). The molecule has 0 heterocycles. The van der Waals surface area contributed by atoms with Crippen molar-refractivity contribution in [3.63, 3.8) is 0 Å². The largest absolute Gasteiger partial charge is 0.491 e. The minimum Gasteiger partial charge on any atom is -0.491 e. The molecule has 0 fully saturated rings. The number of benzene rings is 4. The third-order valence-electron chi connectivity index (χ3n) is 8.35. The van der Waals surface area contributed by atoms with E-state index in [1.165, 1.54) is 44.5 Å². The molecule has 0 aromatic heterocycles. The first-order valence-electron chi connectivity index (χ1n) is 14.4. The fourth-order valence-electron chi connectivity index (χ4n) is 6.33. The van der Waals surface area contributed by atoms with Gasteiger partial charge in [-0.05, 0) is 90.8 Å². The fraction of sp³-hybridized carbons (Fsp3) is 0.333. The van der Waals surface area contributed by atoms with Crippen molar-refractivity contribution in [2.24, 2.45) is 0 Å². The van der Waals surface area contributed by atoms with Crippen LogP contribution in [-0.2, 0) is 16.6 Å². The molecule has 40 heavy (non-hydrogen) atoms. The molecule has 4 aromatic rings. The molecule has 0 unspecified atom stereocenters. The molecule has 0 saturated carbocycles. The van der Waals surface area contributed by atoms with Crippen LogP contribution >= 0.6 is 0 Å². The van der Waals surface area contributed by atoms with Crippen molar-refractivity contribution in [1.29, 1.82) is 0 Å². The van der Waals surface area contributed by atoms with Gasteiger partial charge in [0.25, 0.3) is 0 Å². The van der Waals surface area contributed by atoms with Gasteiger partial charge in [-0.1, -0.05) is 72.1 Å². The summed E-state index contributed by atoms with van der Waals surface area (Å²) >= 11 is 0. The number of hydrogen-bond donors (Lipinski definition) is 2. The van der Waals surface area contributed by atoms with E-state index in [2.05, 4.69) is 103 Å².